The average molecular weight is 170 g/mol. The van der Waals surface area contributed by atoms with Gasteiger partial charge in [-0.15, -0.1) is 0 Å². The van der Waals surface area contributed by atoms with E-state index in [9.17, 15) is 5.11 Å². The van der Waals surface area contributed by atoms with Crippen molar-refractivity contribution in [3.05, 3.63) is 23.8 Å². The number of phenolic OH excluding ortho intramolecular Hbond substituents is 2. The van der Waals surface area contributed by atoms with Crippen molar-refractivity contribution in [1.82, 2.24) is 0 Å². The lowest BCUT2D eigenvalue weighted by atomic mass is 10.1. The van der Waals surface area contributed by atoms with Gasteiger partial charge < -0.3 is 21.1 Å². The summed E-state index contributed by atoms with van der Waals surface area (Å²) in [7, 11) is 0. The highest BCUT2D eigenvalue weighted by Crippen LogP contribution is 2.27. The van der Waals surface area contributed by atoms with Crippen molar-refractivity contribution >= 4 is 0 Å². The average Bonchev–Trinajstić information content (AvgIpc) is 2.08. The third kappa shape index (κ3) is 1.66. The van der Waals surface area contributed by atoms with Crippen LogP contribution in [0.5, 0.6) is 11.5 Å². The van der Waals surface area contributed by atoms with Crippen LogP contribution in [0.15, 0.2) is 18.2 Å². The molecule has 4 heteroatoms. The normalized spacial score (nSPS) is 12.8. The minimum atomic E-state index is -0.684. The van der Waals surface area contributed by atoms with E-state index in [1.807, 2.05) is 0 Å². The van der Waals surface area contributed by atoms with Gasteiger partial charge in [0.05, 0.1) is 0 Å². The van der Waals surface area contributed by atoms with Crippen LogP contribution in [0.1, 0.15) is 11.7 Å². The van der Waals surface area contributed by atoms with Crippen molar-refractivity contribution in [1.29, 1.82) is 0 Å². The Morgan fingerprint density at radius 3 is 2.42 bits per heavy atom. The molecule has 1 atom stereocenters. The first-order valence-electron chi connectivity index (χ1n) is 3.64. The van der Waals surface area contributed by atoms with Gasteiger partial charge in [-0.25, -0.2) is 0 Å². The Morgan fingerprint density at radius 2 is 1.92 bits per heavy atom. The molecule has 12 heavy (non-hydrogen) atoms. The molecule has 0 aromatic heterocycles. The molecular formula is C8H12NO3+. The summed E-state index contributed by atoms with van der Waals surface area (Å²) >= 11 is 0. The highest BCUT2D eigenvalue weighted by Gasteiger charge is 2.08. The van der Waals surface area contributed by atoms with E-state index in [1.54, 1.807) is 6.07 Å². The van der Waals surface area contributed by atoms with E-state index < -0.39 is 6.10 Å². The summed E-state index contributed by atoms with van der Waals surface area (Å²) in [5, 5.41) is 27.3. The van der Waals surface area contributed by atoms with Crippen molar-refractivity contribution in [2.75, 3.05) is 6.54 Å². The Hall–Kier alpha value is -1.26. The summed E-state index contributed by atoms with van der Waals surface area (Å²) in [6.45, 7) is 0.338. The fraction of sp³-hybridized carbons (Fsp3) is 0.250. The Morgan fingerprint density at radius 1 is 1.25 bits per heavy atom. The van der Waals surface area contributed by atoms with Crippen LogP contribution in [0, 0.1) is 0 Å². The summed E-state index contributed by atoms with van der Waals surface area (Å²) in [5.74, 6) is -0.407. The molecular weight excluding hydrogens is 158 g/mol. The molecule has 6 N–H and O–H groups in total. The number of aliphatic hydroxyl groups excluding tert-OH is 1. The van der Waals surface area contributed by atoms with E-state index in [2.05, 4.69) is 5.73 Å². The number of phenols is 2. The van der Waals surface area contributed by atoms with E-state index in [1.165, 1.54) is 12.1 Å². The van der Waals surface area contributed by atoms with Crippen LogP contribution in [0.25, 0.3) is 0 Å². The molecule has 0 saturated heterocycles. The van der Waals surface area contributed by atoms with Gasteiger partial charge in [0.1, 0.15) is 12.6 Å². The lowest BCUT2D eigenvalue weighted by molar-refractivity contribution is -0.385. The summed E-state index contributed by atoms with van der Waals surface area (Å²) in [6.07, 6.45) is -0.684. The number of aromatic hydroxyl groups is 2. The lowest BCUT2D eigenvalue weighted by Crippen LogP contribution is -2.52. The molecule has 0 aliphatic carbocycles. The van der Waals surface area contributed by atoms with Crippen LogP contribution in [0.2, 0.25) is 0 Å². The monoisotopic (exact) mass is 170 g/mol. The first-order valence-corrected chi connectivity index (χ1v) is 3.64. The zero-order valence-corrected chi connectivity index (χ0v) is 6.57. The Kier molecular flexibility index (Phi) is 2.52. The molecule has 0 fully saturated rings. The van der Waals surface area contributed by atoms with Gasteiger partial charge in [-0.05, 0) is 17.7 Å². The molecule has 1 aromatic rings. The smallest absolute Gasteiger partial charge is 0.157 e. The predicted molar refractivity (Wildman–Crippen MR) is 42.5 cm³/mol. The number of hydrogen-bond acceptors (Lipinski definition) is 3. The first-order chi connectivity index (χ1) is 5.65. The van der Waals surface area contributed by atoms with E-state index in [-0.39, 0.29) is 11.5 Å². The molecule has 1 rings (SSSR count). The number of quaternary nitrogens is 1. The maximum absolute atomic E-state index is 9.29. The van der Waals surface area contributed by atoms with Gasteiger partial charge in [-0.3, -0.25) is 0 Å². The molecule has 0 aliphatic heterocycles. The standard InChI is InChI=1S/C8H11NO3/c9-4-8(12)5-1-2-6(10)7(11)3-5/h1-3,8,10-12H,4,9H2/p+1/t8-/m0/s1. The molecule has 0 amide bonds. The van der Waals surface area contributed by atoms with Crippen molar-refractivity contribution in [3.8, 4) is 11.5 Å². The second kappa shape index (κ2) is 3.42. The Bertz CT molecular complexity index is 275. The molecule has 1 aromatic carbocycles. The largest absolute Gasteiger partial charge is 0.504 e. The highest BCUT2D eigenvalue weighted by atomic mass is 16.3. The van der Waals surface area contributed by atoms with Crippen LogP contribution in [0.3, 0.4) is 0 Å². The van der Waals surface area contributed by atoms with E-state index >= 15 is 0 Å². The maximum Gasteiger partial charge on any atom is 0.157 e. The number of hydrogen-bond donors (Lipinski definition) is 4. The van der Waals surface area contributed by atoms with Crippen LogP contribution < -0.4 is 5.73 Å². The molecule has 66 valence electrons. The number of aliphatic hydroxyl groups is 1. The van der Waals surface area contributed by atoms with Gasteiger partial charge in [0.2, 0.25) is 0 Å². The minimum Gasteiger partial charge on any atom is -0.504 e. The second-order valence-electron chi connectivity index (χ2n) is 2.55. The highest BCUT2D eigenvalue weighted by molar-refractivity contribution is 5.41. The van der Waals surface area contributed by atoms with E-state index in [4.69, 9.17) is 10.2 Å². The van der Waals surface area contributed by atoms with Crippen LogP contribution >= 0.6 is 0 Å². The van der Waals surface area contributed by atoms with Crippen molar-refractivity contribution < 1.29 is 21.1 Å². The lowest BCUT2D eigenvalue weighted by Gasteiger charge is -2.06. The second-order valence-corrected chi connectivity index (χ2v) is 2.55. The van der Waals surface area contributed by atoms with Gasteiger partial charge in [-0.1, -0.05) is 6.07 Å². The van der Waals surface area contributed by atoms with Gasteiger partial charge >= 0.3 is 0 Å². The fourth-order valence-corrected chi connectivity index (χ4v) is 0.914. The summed E-state index contributed by atoms with van der Waals surface area (Å²) in [5.41, 5.74) is 4.08. The fourth-order valence-electron chi connectivity index (χ4n) is 0.914. The van der Waals surface area contributed by atoms with Crippen molar-refractivity contribution in [2.45, 2.75) is 6.10 Å². The Labute approximate surface area is 69.9 Å². The third-order valence-corrected chi connectivity index (χ3v) is 1.66. The zero-order valence-electron chi connectivity index (χ0n) is 6.57. The van der Waals surface area contributed by atoms with Gasteiger partial charge in [-0.2, -0.15) is 0 Å². The summed E-state index contributed by atoms with van der Waals surface area (Å²) in [6, 6.07) is 4.21. The van der Waals surface area contributed by atoms with E-state index in [0.29, 0.717) is 12.1 Å². The molecule has 0 bridgehead atoms. The molecule has 0 heterocycles. The summed E-state index contributed by atoms with van der Waals surface area (Å²) < 4.78 is 0. The zero-order chi connectivity index (χ0) is 9.14. The number of rotatable bonds is 2. The summed E-state index contributed by atoms with van der Waals surface area (Å²) in [4.78, 5) is 0. The van der Waals surface area contributed by atoms with Gasteiger partial charge in [0.15, 0.2) is 11.5 Å². The minimum absolute atomic E-state index is 0.185. The SMILES string of the molecule is [NH3+]C[C@H](O)c1ccc(O)c(O)c1. The van der Waals surface area contributed by atoms with Crippen molar-refractivity contribution in [2.24, 2.45) is 0 Å². The van der Waals surface area contributed by atoms with Crippen LogP contribution in [-0.4, -0.2) is 21.9 Å². The van der Waals surface area contributed by atoms with Gasteiger partial charge in [0.25, 0.3) is 0 Å². The molecule has 0 spiro atoms. The number of benzene rings is 1. The van der Waals surface area contributed by atoms with Crippen LogP contribution in [-0.2, 0) is 0 Å². The quantitative estimate of drug-likeness (QED) is 0.446. The maximum atomic E-state index is 9.29. The van der Waals surface area contributed by atoms with E-state index in [0.717, 1.165) is 0 Å². The molecule has 0 saturated carbocycles. The molecule has 0 aliphatic rings. The first kappa shape index (κ1) is 8.83. The molecule has 0 radical (unpaired) electrons. The van der Waals surface area contributed by atoms with Crippen LogP contribution in [0.4, 0.5) is 0 Å². The topological polar surface area (TPSA) is 88.3 Å². The predicted octanol–water partition coefficient (Wildman–Crippen LogP) is -0.627. The Balaban J connectivity index is 2.96. The molecule has 0 unspecified atom stereocenters. The third-order valence-electron chi connectivity index (χ3n) is 1.66. The van der Waals surface area contributed by atoms with Crippen molar-refractivity contribution in [3.63, 3.8) is 0 Å². The molecule has 4 nitrogen and oxygen atoms in total. The van der Waals surface area contributed by atoms with Gasteiger partial charge in [0, 0.05) is 0 Å².